The molecule has 4 nitrogen and oxygen atoms in total. The van der Waals surface area contributed by atoms with Gasteiger partial charge in [0.25, 0.3) is 0 Å². The van der Waals surface area contributed by atoms with Crippen molar-refractivity contribution < 1.29 is 14.3 Å². The maximum absolute atomic E-state index is 10.7. The molecule has 4 heteroatoms. The van der Waals surface area contributed by atoms with E-state index in [4.69, 9.17) is 9.52 Å². The second kappa shape index (κ2) is 5.26. The maximum Gasteiger partial charge on any atom is 0.373 e. The molecule has 1 aromatic heterocycles. The average molecular weight is 259 g/mol. The SMILES string of the molecule is Cc1cc(C)c(CCc2ncc(C(=O)O)o2)c(C)c1. The van der Waals surface area contributed by atoms with E-state index in [9.17, 15) is 4.79 Å². The van der Waals surface area contributed by atoms with Gasteiger partial charge >= 0.3 is 5.97 Å². The van der Waals surface area contributed by atoms with Crippen molar-refractivity contribution in [1.82, 2.24) is 4.98 Å². The first kappa shape index (κ1) is 13.3. The summed E-state index contributed by atoms with van der Waals surface area (Å²) >= 11 is 0. The van der Waals surface area contributed by atoms with E-state index in [-0.39, 0.29) is 5.76 Å². The number of aromatic nitrogens is 1. The Kier molecular flexibility index (Phi) is 3.69. The Bertz CT molecular complexity index is 591. The van der Waals surface area contributed by atoms with Gasteiger partial charge in [0.05, 0.1) is 6.20 Å². The Morgan fingerprint density at radius 2 is 1.84 bits per heavy atom. The van der Waals surface area contributed by atoms with Crippen molar-refractivity contribution in [1.29, 1.82) is 0 Å². The molecule has 0 radical (unpaired) electrons. The summed E-state index contributed by atoms with van der Waals surface area (Å²) in [6.45, 7) is 6.26. The fraction of sp³-hybridized carbons (Fsp3) is 0.333. The van der Waals surface area contributed by atoms with Gasteiger partial charge in [-0.1, -0.05) is 17.7 Å². The molecule has 0 unspecified atom stereocenters. The minimum absolute atomic E-state index is 0.104. The molecule has 0 saturated heterocycles. The third-order valence-electron chi connectivity index (χ3n) is 3.19. The Labute approximate surface area is 112 Å². The highest BCUT2D eigenvalue weighted by Crippen LogP contribution is 2.18. The van der Waals surface area contributed by atoms with Gasteiger partial charge in [-0.25, -0.2) is 9.78 Å². The van der Waals surface area contributed by atoms with E-state index >= 15 is 0 Å². The lowest BCUT2D eigenvalue weighted by molar-refractivity contribution is 0.0660. The molecule has 0 saturated carbocycles. The number of aromatic carboxylic acids is 1. The fourth-order valence-electron chi connectivity index (χ4n) is 2.36. The summed E-state index contributed by atoms with van der Waals surface area (Å²) < 4.78 is 5.16. The monoisotopic (exact) mass is 259 g/mol. The molecule has 1 heterocycles. The van der Waals surface area contributed by atoms with Crippen molar-refractivity contribution in [3.8, 4) is 0 Å². The van der Waals surface area contributed by atoms with Gasteiger partial charge in [-0.05, 0) is 43.9 Å². The first-order valence-corrected chi connectivity index (χ1v) is 6.22. The lowest BCUT2D eigenvalue weighted by atomic mass is 9.96. The molecular weight excluding hydrogens is 242 g/mol. The molecule has 0 amide bonds. The van der Waals surface area contributed by atoms with Crippen LogP contribution in [0.3, 0.4) is 0 Å². The Balaban J connectivity index is 2.12. The van der Waals surface area contributed by atoms with Crippen LogP contribution in [0.4, 0.5) is 0 Å². The van der Waals surface area contributed by atoms with Crippen LogP contribution >= 0.6 is 0 Å². The summed E-state index contributed by atoms with van der Waals surface area (Å²) in [5.74, 6) is -0.717. The van der Waals surface area contributed by atoms with Crippen LogP contribution < -0.4 is 0 Å². The third kappa shape index (κ3) is 3.02. The van der Waals surface area contributed by atoms with Crippen LogP contribution in [0.1, 0.15) is 38.7 Å². The van der Waals surface area contributed by atoms with Crippen molar-refractivity contribution >= 4 is 5.97 Å². The normalized spacial score (nSPS) is 10.7. The molecule has 0 bridgehead atoms. The molecule has 0 atom stereocenters. The molecule has 0 fully saturated rings. The molecule has 100 valence electrons. The number of aryl methyl sites for hydroxylation is 4. The predicted octanol–water partition coefficient (Wildman–Crippen LogP) is 3.08. The molecule has 19 heavy (non-hydrogen) atoms. The standard InChI is InChI=1S/C15H17NO3/c1-9-6-10(2)12(11(3)7-9)4-5-14-16-8-13(19-14)15(17)18/h6-8H,4-5H2,1-3H3,(H,17,18). The lowest BCUT2D eigenvalue weighted by Crippen LogP contribution is -1.98. The highest BCUT2D eigenvalue weighted by atomic mass is 16.4. The summed E-state index contributed by atoms with van der Waals surface area (Å²) in [7, 11) is 0. The van der Waals surface area contributed by atoms with Gasteiger partial charge in [-0.15, -0.1) is 0 Å². The van der Waals surface area contributed by atoms with Crippen LogP contribution in [0, 0.1) is 20.8 Å². The van der Waals surface area contributed by atoms with Gasteiger partial charge in [0, 0.05) is 6.42 Å². The van der Waals surface area contributed by atoms with Gasteiger partial charge in [0.2, 0.25) is 5.76 Å². The zero-order valence-corrected chi connectivity index (χ0v) is 11.4. The minimum atomic E-state index is -1.08. The molecule has 0 aliphatic heterocycles. The van der Waals surface area contributed by atoms with Gasteiger partial charge < -0.3 is 9.52 Å². The molecule has 2 aromatic rings. The van der Waals surface area contributed by atoms with Crippen LogP contribution in [0.2, 0.25) is 0 Å². The highest BCUT2D eigenvalue weighted by molar-refractivity contribution is 5.83. The molecule has 0 aliphatic carbocycles. The van der Waals surface area contributed by atoms with Crippen molar-refractivity contribution in [3.63, 3.8) is 0 Å². The van der Waals surface area contributed by atoms with E-state index in [1.165, 1.54) is 28.5 Å². The first-order valence-electron chi connectivity index (χ1n) is 6.22. The first-order chi connectivity index (χ1) is 8.97. The van der Waals surface area contributed by atoms with E-state index in [1.54, 1.807) is 0 Å². The predicted molar refractivity (Wildman–Crippen MR) is 71.5 cm³/mol. The summed E-state index contributed by atoms with van der Waals surface area (Å²) in [6, 6.07) is 4.31. The molecular formula is C15H17NO3. The summed E-state index contributed by atoms with van der Waals surface area (Å²) in [4.78, 5) is 14.7. The Morgan fingerprint density at radius 1 is 1.21 bits per heavy atom. The number of benzene rings is 1. The van der Waals surface area contributed by atoms with Crippen LogP contribution in [0.15, 0.2) is 22.7 Å². The highest BCUT2D eigenvalue weighted by Gasteiger charge is 2.11. The second-order valence-electron chi connectivity index (χ2n) is 4.80. The topological polar surface area (TPSA) is 63.3 Å². The van der Waals surface area contributed by atoms with Crippen LogP contribution in [0.5, 0.6) is 0 Å². The smallest absolute Gasteiger partial charge is 0.373 e. The molecule has 0 spiro atoms. The Morgan fingerprint density at radius 3 is 2.37 bits per heavy atom. The maximum atomic E-state index is 10.7. The van der Waals surface area contributed by atoms with Crippen molar-refractivity contribution in [2.75, 3.05) is 0 Å². The second-order valence-corrected chi connectivity index (χ2v) is 4.80. The van der Waals surface area contributed by atoms with Gasteiger partial charge in [0.15, 0.2) is 5.89 Å². The van der Waals surface area contributed by atoms with E-state index in [0.29, 0.717) is 12.3 Å². The summed E-state index contributed by atoms with van der Waals surface area (Å²) in [5, 5.41) is 8.77. The molecule has 2 rings (SSSR count). The van der Waals surface area contributed by atoms with E-state index in [1.807, 2.05) is 0 Å². The summed E-state index contributed by atoms with van der Waals surface area (Å²) in [6.07, 6.45) is 2.67. The number of oxazole rings is 1. The Hall–Kier alpha value is -2.10. The number of carboxylic acid groups (broad SMARTS) is 1. The van der Waals surface area contributed by atoms with Crippen molar-refractivity contribution in [2.45, 2.75) is 33.6 Å². The van der Waals surface area contributed by atoms with Gasteiger partial charge in [0.1, 0.15) is 0 Å². The molecule has 1 N–H and O–H groups in total. The number of carboxylic acids is 1. The fourth-order valence-corrected chi connectivity index (χ4v) is 2.36. The van der Waals surface area contributed by atoms with E-state index in [2.05, 4.69) is 37.9 Å². The van der Waals surface area contributed by atoms with Gasteiger partial charge in [-0.2, -0.15) is 0 Å². The minimum Gasteiger partial charge on any atom is -0.475 e. The van der Waals surface area contributed by atoms with E-state index < -0.39 is 5.97 Å². The number of hydrogen-bond acceptors (Lipinski definition) is 3. The molecule has 0 aliphatic rings. The molecule has 1 aromatic carbocycles. The van der Waals surface area contributed by atoms with Gasteiger partial charge in [-0.3, -0.25) is 0 Å². The largest absolute Gasteiger partial charge is 0.475 e. The van der Waals surface area contributed by atoms with Crippen LogP contribution in [-0.2, 0) is 12.8 Å². The summed E-state index contributed by atoms with van der Waals surface area (Å²) in [5.41, 5.74) is 5.04. The third-order valence-corrected chi connectivity index (χ3v) is 3.19. The lowest BCUT2D eigenvalue weighted by Gasteiger charge is -2.10. The zero-order valence-electron chi connectivity index (χ0n) is 11.4. The quantitative estimate of drug-likeness (QED) is 0.916. The van der Waals surface area contributed by atoms with Crippen molar-refractivity contribution in [2.24, 2.45) is 0 Å². The van der Waals surface area contributed by atoms with E-state index in [0.717, 1.165) is 6.42 Å². The average Bonchev–Trinajstić information content (AvgIpc) is 2.76. The van der Waals surface area contributed by atoms with Crippen molar-refractivity contribution in [3.05, 3.63) is 52.2 Å². The number of hydrogen-bond donors (Lipinski definition) is 1. The number of nitrogens with zero attached hydrogens (tertiary/aromatic N) is 1. The number of rotatable bonds is 4. The van der Waals surface area contributed by atoms with Crippen LogP contribution in [-0.4, -0.2) is 16.1 Å². The zero-order chi connectivity index (χ0) is 14.0. The van der Waals surface area contributed by atoms with Crippen LogP contribution in [0.25, 0.3) is 0 Å². The number of carbonyl (C=O) groups is 1.